The monoisotopic (exact) mass is 762 g/mol. The number of rotatable bonds is 12. The van der Waals surface area contributed by atoms with Gasteiger partial charge in [-0.15, -0.1) is 0 Å². The predicted molar refractivity (Wildman–Crippen MR) is 209 cm³/mol. The highest BCUT2D eigenvalue weighted by atomic mass is 19.4. The number of ether oxygens (including phenoxy) is 1. The number of hydrogen-bond acceptors (Lipinski definition) is 5. The number of nitrogens with zero attached hydrogens (tertiary/aromatic N) is 3. The molecule has 0 saturated heterocycles. The zero-order valence-electron chi connectivity index (χ0n) is 30.8. The van der Waals surface area contributed by atoms with Crippen LogP contribution in [0.1, 0.15) is 44.8 Å². The van der Waals surface area contributed by atoms with Crippen LogP contribution in [0.3, 0.4) is 0 Å². The SMILES string of the molecule is Cc1c(CC(=O)O)c2ccccc2n1Cc1ccncc1.Cc1c(CC(N)C(=O)O)c2cc(OCc3ccccc3)ccc2n1Cc1ccc(C(F)(F)F)cc1. The first-order valence-corrected chi connectivity index (χ1v) is 17.9. The largest absolute Gasteiger partial charge is 0.489 e. The van der Waals surface area contributed by atoms with Crippen LogP contribution >= 0.6 is 0 Å². The molecule has 0 aliphatic heterocycles. The van der Waals surface area contributed by atoms with Crippen LogP contribution in [0.2, 0.25) is 0 Å². The lowest BCUT2D eigenvalue weighted by atomic mass is 10.0. The Morgan fingerprint density at radius 3 is 1.95 bits per heavy atom. The van der Waals surface area contributed by atoms with E-state index in [1.807, 2.05) is 103 Å². The fourth-order valence-corrected chi connectivity index (χ4v) is 6.86. The molecule has 12 heteroatoms. The van der Waals surface area contributed by atoms with Gasteiger partial charge in [-0.05, 0) is 90.2 Å². The van der Waals surface area contributed by atoms with E-state index in [4.69, 9.17) is 15.6 Å². The Morgan fingerprint density at radius 2 is 1.32 bits per heavy atom. The van der Waals surface area contributed by atoms with E-state index in [1.165, 1.54) is 12.1 Å². The van der Waals surface area contributed by atoms with Gasteiger partial charge in [-0.2, -0.15) is 13.2 Å². The molecule has 7 rings (SSSR count). The summed E-state index contributed by atoms with van der Waals surface area (Å²) in [4.78, 5) is 26.6. The van der Waals surface area contributed by atoms with E-state index >= 15 is 0 Å². The van der Waals surface area contributed by atoms with Gasteiger partial charge in [0, 0.05) is 65.1 Å². The molecule has 0 saturated carbocycles. The second kappa shape index (κ2) is 17.0. The molecular weight excluding hydrogens is 722 g/mol. The maximum Gasteiger partial charge on any atom is 0.416 e. The van der Waals surface area contributed by atoms with Gasteiger partial charge in [0.25, 0.3) is 0 Å². The average Bonchev–Trinajstić information content (AvgIpc) is 3.59. The van der Waals surface area contributed by atoms with E-state index in [-0.39, 0.29) is 12.8 Å². The van der Waals surface area contributed by atoms with Crippen molar-refractivity contribution in [2.24, 2.45) is 5.73 Å². The third-order valence-corrected chi connectivity index (χ3v) is 9.82. The van der Waals surface area contributed by atoms with E-state index in [0.29, 0.717) is 31.0 Å². The average molecular weight is 763 g/mol. The number of aromatic nitrogens is 3. The molecule has 0 radical (unpaired) electrons. The molecule has 0 fully saturated rings. The van der Waals surface area contributed by atoms with Crippen LogP contribution in [-0.4, -0.2) is 42.3 Å². The maximum atomic E-state index is 12.9. The van der Waals surface area contributed by atoms with Crippen molar-refractivity contribution in [3.63, 3.8) is 0 Å². The van der Waals surface area contributed by atoms with Gasteiger partial charge in [-0.3, -0.25) is 14.6 Å². The first-order chi connectivity index (χ1) is 26.8. The quantitative estimate of drug-likeness (QED) is 0.114. The molecule has 9 nitrogen and oxygen atoms in total. The molecule has 288 valence electrons. The summed E-state index contributed by atoms with van der Waals surface area (Å²) >= 11 is 0. The van der Waals surface area contributed by atoms with E-state index in [1.54, 1.807) is 12.4 Å². The topological polar surface area (TPSA) is 133 Å². The summed E-state index contributed by atoms with van der Waals surface area (Å²) < 4.78 is 48.9. The molecule has 56 heavy (non-hydrogen) atoms. The van der Waals surface area contributed by atoms with E-state index < -0.39 is 29.7 Å². The van der Waals surface area contributed by atoms with Gasteiger partial charge in [0.05, 0.1) is 12.0 Å². The highest BCUT2D eigenvalue weighted by Crippen LogP contribution is 2.33. The summed E-state index contributed by atoms with van der Waals surface area (Å²) in [5.74, 6) is -1.28. The molecule has 4 N–H and O–H groups in total. The van der Waals surface area contributed by atoms with Gasteiger partial charge in [-0.25, -0.2) is 0 Å². The summed E-state index contributed by atoms with van der Waals surface area (Å²) in [6.45, 7) is 5.26. The molecule has 7 aromatic rings. The van der Waals surface area contributed by atoms with E-state index in [0.717, 1.165) is 67.6 Å². The van der Waals surface area contributed by atoms with Crippen molar-refractivity contribution in [2.45, 2.75) is 58.6 Å². The molecule has 1 unspecified atom stereocenters. The van der Waals surface area contributed by atoms with E-state index in [9.17, 15) is 27.9 Å². The summed E-state index contributed by atoms with van der Waals surface area (Å²) in [6, 6.07) is 31.1. The van der Waals surface area contributed by atoms with Crippen LogP contribution in [-0.2, 0) is 48.3 Å². The third kappa shape index (κ3) is 9.10. The second-order valence-electron chi connectivity index (χ2n) is 13.5. The van der Waals surface area contributed by atoms with Crippen LogP contribution in [0, 0.1) is 13.8 Å². The molecule has 0 bridgehead atoms. The number of carbonyl (C=O) groups is 2. The fourth-order valence-electron chi connectivity index (χ4n) is 6.86. The van der Waals surface area contributed by atoms with Gasteiger partial charge in [0.1, 0.15) is 18.4 Å². The van der Waals surface area contributed by atoms with Crippen LogP contribution < -0.4 is 10.5 Å². The zero-order valence-corrected chi connectivity index (χ0v) is 30.8. The van der Waals surface area contributed by atoms with Gasteiger partial charge in [-0.1, -0.05) is 60.7 Å². The highest BCUT2D eigenvalue weighted by Gasteiger charge is 2.30. The number of halogens is 3. The standard InChI is InChI=1S/C27H25F3N2O3.C17H16N2O2/c1-17-22(14-24(31)26(33)34)23-13-21(35-16-19-5-3-2-4-6-19)11-12-25(23)32(17)15-18-7-9-20(10-8-18)27(28,29)30;1-12-15(10-17(20)21)14-4-2-3-5-16(14)19(12)11-13-6-8-18-9-7-13/h2-13,24H,14-16,31H2,1H3,(H,33,34);2-9H,10-11H2,1H3,(H,20,21). The molecule has 3 heterocycles. The van der Waals surface area contributed by atoms with Crippen molar-refractivity contribution < 1.29 is 37.7 Å². The minimum atomic E-state index is -4.40. The molecule has 0 aliphatic rings. The predicted octanol–water partition coefficient (Wildman–Crippen LogP) is 8.57. The van der Waals surface area contributed by atoms with Gasteiger partial charge in [0.15, 0.2) is 0 Å². The number of para-hydroxylation sites is 1. The Labute approximate surface area is 321 Å². The molecule has 1 atom stereocenters. The lowest BCUT2D eigenvalue weighted by Gasteiger charge is -2.12. The Morgan fingerprint density at radius 1 is 0.732 bits per heavy atom. The first kappa shape index (κ1) is 39.3. The summed E-state index contributed by atoms with van der Waals surface area (Å²) in [5.41, 5.74) is 13.4. The molecule has 0 aliphatic carbocycles. The molecular formula is C44H41F3N4O5. The number of fused-ring (bicyclic) bond motifs is 2. The normalized spacial score (nSPS) is 12.0. The Balaban J connectivity index is 0.000000215. The van der Waals surface area contributed by atoms with Crippen molar-refractivity contribution in [1.82, 2.24) is 14.1 Å². The zero-order chi connectivity index (χ0) is 40.0. The van der Waals surface area contributed by atoms with Crippen LogP contribution in [0.25, 0.3) is 21.8 Å². The van der Waals surface area contributed by atoms with Crippen molar-refractivity contribution >= 4 is 33.7 Å². The van der Waals surface area contributed by atoms with Crippen LogP contribution in [0.4, 0.5) is 13.2 Å². The maximum absolute atomic E-state index is 12.9. The van der Waals surface area contributed by atoms with Crippen molar-refractivity contribution in [2.75, 3.05) is 0 Å². The number of aliphatic carboxylic acids is 2. The van der Waals surface area contributed by atoms with Gasteiger partial charge < -0.3 is 29.8 Å². The lowest BCUT2D eigenvalue weighted by molar-refractivity contribution is -0.139. The smallest absolute Gasteiger partial charge is 0.416 e. The van der Waals surface area contributed by atoms with Crippen molar-refractivity contribution in [1.29, 1.82) is 0 Å². The summed E-state index contributed by atoms with van der Waals surface area (Å²) in [6.07, 6.45) is -0.691. The number of alkyl halides is 3. The number of carboxylic acid groups (broad SMARTS) is 2. The Hall–Kier alpha value is -6.40. The van der Waals surface area contributed by atoms with Gasteiger partial charge in [0.2, 0.25) is 0 Å². The fraction of sp³-hybridized carbons (Fsp3) is 0.205. The molecule has 0 amide bonds. The number of nitrogens with two attached hydrogens (primary N) is 1. The molecule has 4 aromatic carbocycles. The second-order valence-corrected chi connectivity index (χ2v) is 13.5. The molecule has 0 spiro atoms. The highest BCUT2D eigenvalue weighted by molar-refractivity contribution is 5.89. The van der Waals surface area contributed by atoms with E-state index in [2.05, 4.69) is 9.55 Å². The number of benzene rings is 4. The van der Waals surface area contributed by atoms with Crippen LogP contribution in [0.5, 0.6) is 5.75 Å². The summed E-state index contributed by atoms with van der Waals surface area (Å²) in [7, 11) is 0. The lowest BCUT2D eigenvalue weighted by Crippen LogP contribution is -2.32. The number of carboxylic acids is 2. The summed E-state index contributed by atoms with van der Waals surface area (Å²) in [5, 5.41) is 20.3. The number of hydrogen-bond donors (Lipinski definition) is 3. The minimum Gasteiger partial charge on any atom is -0.489 e. The van der Waals surface area contributed by atoms with Crippen LogP contribution in [0.15, 0.2) is 122 Å². The molecule has 3 aromatic heterocycles. The minimum absolute atomic E-state index is 0.0513. The Kier molecular flexibility index (Phi) is 11.9. The first-order valence-electron chi connectivity index (χ1n) is 17.9. The van der Waals surface area contributed by atoms with Gasteiger partial charge >= 0.3 is 18.1 Å². The van der Waals surface area contributed by atoms with Crippen molar-refractivity contribution in [3.05, 3.63) is 166 Å². The van der Waals surface area contributed by atoms with Crippen molar-refractivity contribution in [3.8, 4) is 5.75 Å². The third-order valence-electron chi connectivity index (χ3n) is 9.82. The Bertz CT molecular complexity index is 2460. The number of pyridine rings is 1.